The van der Waals surface area contributed by atoms with E-state index in [2.05, 4.69) is 4.98 Å². The molecule has 0 aliphatic heterocycles. The third-order valence-electron chi connectivity index (χ3n) is 3.30. The zero-order valence-corrected chi connectivity index (χ0v) is 11.8. The van der Waals surface area contributed by atoms with Crippen LogP contribution in [-0.2, 0) is 4.79 Å². The van der Waals surface area contributed by atoms with Gasteiger partial charge in [-0.25, -0.2) is 9.78 Å². The number of carbonyl (C=O) groups is 1. The van der Waals surface area contributed by atoms with Crippen molar-refractivity contribution in [2.24, 2.45) is 5.92 Å². The summed E-state index contributed by atoms with van der Waals surface area (Å²) in [4.78, 5) is 16.2. The van der Waals surface area contributed by atoms with Crippen molar-refractivity contribution in [3.05, 3.63) is 30.1 Å². The maximum Gasteiger partial charge on any atom is 0.327 e. The highest BCUT2D eigenvalue weighted by atomic mass is 16.4. The van der Waals surface area contributed by atoms with Crippen molar-refractivity contribution in [1.82, 2.24) is 9.55 Å². The van der Waals surface area contributed by atoms with E-state index in [1.807, 2.05) is 56.5 Å². The predicted octanol–water partition coefficient (Wildman–Crippen LogP) is 3.44. The van der Waals surface area contributed by atoms with E-state index in [1.165, 1.54) is 0 Å². The highest BCUT2D eigenvalue weighted by Crippen LogP contribution is 2.29. The van der Waals surface area contributed by atoms with E-state index >= 15 is 0 Å². The molecule has 0 saturated heterocycles. The number of para-hydroxylation sites is 2. The molecular weight excluding hydrogens is 240 g/mol. The van der Waals surface area contributed by atoms with Gasteiger partial charge in [-0.05, 0) is 18.1 Å². The number of hydrogen-bond acceptors (Lipinski definition) is 2. The van der Waals surface area contributed by atoms with Gasteiger partial charge in [-0.3, -0.25) is 0 Å². The van der Waals surface area contributed by atoms with Gasteiger partial charge >= 0.3 is 5.97 Å². The summed E-state index contributed by atoms with van der Waals surface area (Å²) in [7, 11) is 0. The number of imidazole rings is 1. The Hall–Kier alpha value is -1.84. The second-order valence-corrected chi connectivity index (χ2v) is 5.51. The van der Waals surface area contributed by atoms with Gasteiger partial charge in [0.1, 0.15) is 11.9 Å². The average molecular weight is 260 g/mol. The quantitative estimate of drug-likeness (QED) is 0.916. The molecule has 19 heavy (non-hydrogen) atoms. The fraction of sp³-hybridized carbons (Fsp3) is 0.467. The standard InChI is InChI=1S/C15H20N2O2/c1-9(2)13(15(18)19)17-12-8-6-5-7-11(12)16-14(17)10(3)4/h5-10,13H,1-4H3,(H,18,19). The lowest BCUT2D eigenvalue weighted by Crippen LogP contribution is -2.26. The molecule has 4 heteroatoms. The molecule has 2 aromatic rings. The van der Waals surface area contributed by atoms with Gasteiger partial charge in [0, 0.05) is 5.92 Å². The summed E-state index contributed by atoms with van der Waals surface area (Å²) in [5.41, 5.74) is 1.76. The molecule has 102 valence electrons. The Kier molecular flexibility index (Phi) is 3.60. The molecule has 1 unspecified atom stereocenters. The van der Waals surface area contributed by atoms with Crippen molar-refractivity contribution in [3.8, 4) is 0 Å². The molecule has 0 saturated carbocycles. The van der Waals surface area contributed by atoms with Crippen molar-refractivity contribution in [3.63, 3.8) is 0 Å². The maximum atomic E-state index is 11.6. The van der Waals surface area contributed by atoms with Crippen molar-refractivity contribution in [2.75, 3.05) is 0 Å². The van der Waals surface area contributed by atoms with Gasteiger partial charge in [0.05, 0.1) is 11.0 Å². The second kappa shape index (κ2) is 5.03. The SMILES string of the molecule is CC(C)c1nc2ccccc2n1C(C(=O)O)C(C)C. The summed E-state index contributed by atoms with van der Waals surface area (Å²) >= 11 is 0. The topological polar surface area (TPSA) is 55.1 Å². The van der Waals surface area contributed by atoms with Gasteiger partial charge < -0.3 is 9.67 Å². The Bertz CT molecular complexity index is 599. The van der Waals surface area contributed by atoms with Crippen LogP contribution in [0.4, 0.5) is 0 Å². The lowest BCUT2D eigenvalue weighted by molar-refractivity contribution is -0.142. The molecule has 0 aliphatic rings. The van der Waals surface area contributed by atoms with Crippen LogP contribution >= 0.6 is 0 Å². The molecule has 1 aromatic carbocycles. The number of fused-ring (bicyclic) bond motifs is 1. The molecule has 1 aromatic heterocycles. The number of benzene rings is 1. The molecular formula is C15H20N2O2. The van der Waals surface area contributed by atoms with E-state index in [0.29, 0.717) is 0 Å². The van der Waals surface area contributed by atoms with Gasteiger partial charge in [-0.2, -0.15) is 0 Å². The van der Waals surface area contributed by atoms with Gasteiger partial charge in [0.2, 0.25) is 0 Å². The van der Waals surface area contributed by atoms with Crippen LogP contribution in [-0.4, -0.2) is 20.6 Å². The van der Waals surface area contributed by atoms with Crippen LogP contribution in [0.25, 0.3) is 11.0 Å². The largest absolute Gasteiger partial charge is 0.480 e. The highest BCUT2D eigenvalue weighted by molar-refractivity contribution is 5.80. The van der Waals surface area contributed by atoms with Crippen molar-refractivity contribution in [2.45, 2.75) is 39.7 Å². The summed E-state index contributed by atoms with van der Waals surface area (Å²) in [6.07, 6.45) is 0. The van der Waals surface area contributed by atoms with Crippen LogP contribution in [0.15, 0.2) is 24.3 Å². The molecule has 0 amide bonds. The maximum absolute atomic E-state index is 11.6. The van der Waals surface area contributed by atoms with Gasteiger partial charge in [-0.15, -0.1) is 0 Å². The Morgan fingerprint density at radius 2 is 1.84 bits per heavy atom. The number of nitrogens with zero attached hydrogens (tertiary/aromatic N) is 2. The molecule has 0 bridgehead atoms. The van der Waals surface area contributed by atoms with E-state index in [4.69, 9.17) is 0 Å². The van der Waals surface area contributed by atoms with E-state index in [-0.39, 0.29) is 11.8 Å². The first-order valence-corrected chi connectivity index (χ1v) is 6.63. The summed E-state index contributed by atoms with van der Waals surface area (Å²) in [6, 6.07) is 7.13. The fourth-order valence-corrected chi connectivity index (χ4v) is 2.46. The molecule has 0 radical (unpaired) electrons. The van der Waals surface area contributed by atoms with Crippen LogP contribution in [0.1, 0.15) is 45.5 Å². The minimum atomic E-state index is -0.806. The van der Waals surface area contributed by atoms with Crippen LogP contribution in [0, 0.1) is 5.92 Å². The van der Waals surface area contributed by atoms with Crippen LogP contribution in [0.2, 0.25) is 0 Å². The molecule has 1 heterocycles. The highest BCUT2D eigenvalue weighted by Gasteiger charge is 2.28. The third-order valence-corrected chi connectivity index (χ3v) is 3.30. The molecule has 1 atom stereocenters. The van der Waals surface area contributed by atoms with E-state index in [9.17, 15) is 9.90 Å². The minimum absolute atomic E-state index is 0.00704. The van der Waals surface area contributed by atoms with Gasteiger partial charge in [0.25, 0.3) is 0 Å². The lowest BCUT2D eigenvalue weighted by Gasteiger charge is -2.22. The number of aromatic nitrogens is 2. The Balaban J connectivity index is 2.74. The normalized spacial score (nSPS) is 13.4. The summed E-state index contributed by atoms with van der Waals surface area (Å²) in [6.45, 7) is 7.93. The van der Waals surface area contributed by atoms with E-state index in [0.717, 1.165) is 16.9 Å². The third kappa shape index (κ3) is 2.35. The van der Waals surface area contributed by atoms with Crippen molar-refractivity contribution < 1.29 is 9.90 Å². The summed E-state index contributed by atoms with van der Waals surface area (Å²) in [5, 5.41) is 9.53. The molecule has 2 rings (SSSR count). The number of carboxylic acid groups (broad SMARTS) is 1. The summed E-state index contributed by atoms with van der Waals surface area (Å²) < 4.78 is 1.88. The van der Waals surface area contributed by atoms with E-state index in [1.54, 1.807) is 0 Å². The zero-order valence-electron chi connectivity index (χ0n) is 11.8. The Morgan fingerprint density at radius 3 is 2.37 bits per heavy atom. The smallest absolute Gasteiger partial charge is 0.327 e. The number of aliphatic carboxylic acids is 1. The Labute approximate surface area is 113 Å². The zero-order chi connectivity index (χ0) is 14.2. The van der Waals surface area contributed by atoms with Gasteiger partial charge in [0.15, 0.2) is 0 Å². The molecule has 0 aliphatic carbocycles. The first kappa shape index (κ1) is 13.6. The van der Waals surface area contributed by atoms with Crippen LogP contribution in [0.3, 0.4) is 0 Å². The molecule has 4 nitrogen and oxygen atoms in total. The minimum Gasteiger partial charge on any atom is -0.480 e. The van der Waals surface area contributed by atoms with E-state index < -0.39 is 12.0 Å². The Morgan fingerprint density at radius 1 is 1.21 bits per heavy atom. The number of carboxylic acids is 1. The molecule has 1 N–H and O–H groups in total. The average Bonchev–Trinajstić information content (AvgIpc) is 2.68. The van der Waals surface area contributed by atoms with Crippen molar-refractivity contribution in [1.29, 1.82) is 0 Å². The first-order chi connectivity index (χ1) is 8.93. The second-order valence-electron chi connectivity index (χ2n) is 5.51. The fourth-order valence-electron chi connectivity index (χ4n) is 2.46. The monoisotopic (exact) mass is 260 g/mol. The first-order valence-electron chi connectivity index (χ1n) is 6.63. The predicted molar refractivity (Wildman–Crippen MR) is 75.3 cm³/mol. The lowest BCUT2D eigenvalue weighted by atomic mass is 10.0. The van der Waals surface area contributed by atoms with Crippen LogP contribution in [0.5, 0.6) is 0 Å². The van der Waals surface area contributed by atoms with Crippen LogP contribution < -0.4 is 0 Å². The number of rotatable bonds is 4. The molecule has 0 spiro atoms. The summed E-state index contributed by atoms with van der Waals surface area (Å²) in [5.74, 6) is 0.225. The van der Waals surface area contributed by atoms with Gasteiger partial charge in [-0.1, -0.05) is 39.8 Å². The molecule has 0 fully saturated rings. The van der Waals surface area contributed by atoms with Crippen molar-refractivity contribution >= 4 is 17.0 Å². The number of hydrogen-bond donors (Lipinski definition) is 1.